The highest BCUT2D eigenvalue weighted by Crippen LogP contribution is 2.02. The molecule has 13 heavy (non-hydrogen) atoms. The van der Waals surface area contributed by atoms with Gasteiger partial charge in [0.2, 0.25) is 0 Å². The van der Waals surface area contributed by atoms with Crippen LogP contribution in [0, 0.1) is 0 Å². The highest BCUT2D eigenvalue weighted by molar-refractivity contribution is 5.74. The highest BCUT2D eigenvalue weighted by atomic mass is 16.6. The molecule has 0 aromatic carbocycles. The maximum absolute atomic E-state index is 11.1. The van der Waals surface area contributed by atoms with Gasteiger partial charge < -0.3 is 14.5 Å². The number of aromatic nitrogens is 2. The van der Waals surface area contributed by atoms with Crippen molar-refractivity contribution in [2.75, 3.05) is 14.2 Å². The lowest BCUT2D eigenvalue weighted by molar-refractivity contribution is -0.152. The van der Waals surface area contributed by atoms with Crippen LogP contribution >= 0.6 is 0 Å². The number of H-pyrrole nitrogens is 1. The zero-order chi connectivity index (χ0) is 9.68. The van der Waals surface area contributed by atoms with E-state index in [0.29, 0.717) is 6.42 Å². The summed E-state index contributed by atoms with van der Waals surface area (Å²) in [5, 5.41) is 0. The minimum Gasteiger partial charge on any atom is -0.467 e. The zero-order valence-electron chi connectivity index (χ0n) is 7.61. The van der Waals surface area contributed by atoms with E-state index in [-0.39, 0.29) is 5.97 Å². The summed E-state index contributed by atoms with van der Waals surface area (Å²) in [6.07, 6.45) is 3.09. The largest absolute Gasteiger partial charge is 0.467 e. The first-order valence-electron chi connectivity index (χ1n) is 3.85. The molecule has 0 amide bonds. The summed E-state index contributed by atoms with van der Waals surface area (Å²) in [5.41, 5.74) is 0.845. The molecule has 5 nitrogen and oxygen atoms in total. The van der Waals surface area contributed by atoms with Gasteiger partial charge in [0.15, 0.2) is 6.10 Å². The van der Waals surface area contributed by atoms with Gasteiger partial charge in [-0.1, -0.05) is 0 Å². The average molecular weight is 184 g/mol. The molecule has 0 bridgehead atoms. The van der Waals surface area contributed by atoms with Crippen LogP contribution in [0.1, 0.15) is 5.69 Å². The minimum absolute atomic E-state index is 0.378. The van der Waals surface area contributed by atoms with E-state index < -0.39 is 6.10 Å². The fourth-order valence-electron chi connectivity index (χ4n) is 0.990. The van der Waals surface area contributed by atoms with E-state index in [1.54, 1.807) is 12.5 Å². The summed E-state index contributed by atoms with van der Waals surface area (Å²) in [4.78, 5) is 17.8. The molecule has 5 heteroatoms. The number of carbonyl (C=O) groups excluding carboxylic acids is 1. The molecule has 1 atom stereocenters. The molecule has 1 aromatic heterocycles. The predicted molar refractivity (Wildman–Crippen MR) is 45.1 cm³/mol. The second-order valence-electron chi connectivity index (χ2n) is 2.53. The first kappa shape index (κ1) is 9.73. The number of carbonyl (C=O) groups is 1. The molecule has 1 rings (SSSR count). The molecule has 1 heterocycles. The van der Waals surface area contributed by atoms with Crippen molar-refractivity contribution >= 4 is 5.97 Å². The van der Waals surface area contributed by atoms with Crippen LogP contribution in [-0.4, -0.2) is 36.3 Å². The third-order valence-electron chi connectivity index (χ3n) is 1.71. The van der Waals surface area contributed by atoms with Crippen LogP contribution < -0.4 is 0 Å². The Morgan fingerprint density at radius 3 is 2.92 bits per heavy atom. The Balaban J connectivity index is 2.54. The van der Waals surface area contributed by atoms with Gasteiger partial charge in [-0.25, -0.2) is 9.78 Å². The van der Waals surface area contributed by atoms with Gasteiger partial charge in [0.25, 0.3) is 0 Å². The van der Waals surface area contributed by atoms with Crippen LogP contribution in [0.4, 0.5) is 0 Å². The number of imidazole rings is 1. The summed E-state index contributed by atoms with van der Waals surface area (Å²) < 4.78 is 9.51. The van der Waals surface area contributed by atoms with E-state index >= 15 is 0 Å². The smallest absolute Gasteiger partial charge is 0.335 e. The molecule has 0 saturated carbocycles. The summed E-state index contributed by atoms with van der Waals surface area (Å²) in [7, 11) is 2.80. The van der Waals surface area contributed by atoms with Gasteiger partial charge in [0.05, 0.1) is 13.4 Å². The Bertz CT molecular complexity index is 258. The molecule has 0 aliphatic carbocycles. The van der Waals surface area contributed by atoms with E-state index in [9.17, 15) is 4.79 Å². The van der Waals surface area contributed by atoms with Crippen molar-refractivity contribution in [2.24, 2.45) is 0 Å². The van der Waals surface area contributed by atoms with Gasteiger partial charge in [-0.3, -0.25) is 0 Å². The number of hydrogen-bond donors (Lipinski definition) is 1. The van der Waals surface area contributed by atoms with Crippen molar-refractivity contribution in [2.45, 2.75) is 12.5 Å². The van der Waals surface area contributed by atoms with Crippen LogP contribution in [0.25, 0.3) is 0 Å². The molecule has 0 saturated heterocycles. The minimum atomic E-state index is -0.564. The Labute approximate surface area is 76.1 Å². The number of nitrogens with zero attached hydrogens (tertiary/aromatic N) is 1. The average Bonchev–Trinajstić information content (AvgIpc) is 2.65. The number of hydrogen-bond acceptors (Lipinski definition) is 4. The summed E-state index contributed by atoms with van der Waals surface area (Å²) in [6, 6.07) is 0. The van der Waals surface area contributed by atoms with E-state index in [1.165, 1.54) is 14.2 Å². The van der Waals surface area contributed by atoms with Crippen LogP contribution in [0.2, 0.25) is 0 Å². The topological polar surface area (TPSA) is 64.2 Å². The van der Waals surface area contributed by atoms with Gasteiger partial charge in [0, 0.05) is 25.4 Å². The van der Waals surface area contributed by atoms with Crippen LogP contribution in [0.15, 0.2) is 12.5 Å². The molecule has 1 N–H and O–H groups in total. The summed E-state index contributed by atoms with van der Waals surface area (Å²) in [5.74, 6) is -0.378. The molecule has 72 valence electrons. The number of ether oxygens (including phenoxy) is 2. The van der Waals surface area contributed by atoms with E-state index in [0.717, 1.165) is 5.69 Å². The molecule has 0 fully saturated rings. The second kappa shape index (κ2) is 4.61. The van der Waals surface area contributed by atoms with Crippen molar-refractivity contribution < 1.29 is 14.3 Å². The lowest BCUT2D eigenvalue weighted by Crippen LogP contribution is -2.26. The van der Waals surface area contributed by atoms with E-state index in [1.807, 2.05) is 0 Å². The molecule has 0 spiro atoms. The van der Waals surface area contributed by atoms with Gasteiger partial charge in [-0.2, -0.15) is 0 Å². The first-order chi connectivity index (χ1) is 6.27. The normalized spacial score (nSPS) is 12.5. The number of methoxy groups -OCH3 is 2. The quantitative estimate of drug-likeness (QED) is 0.676. The molecule has 0 aliphatic rings. The number of rotatable bonds is 4. The Kier molecular flexibility index (Phi) is 3.45. The highest BCUT2D eigenvalue weighted by Gasteiger charge is 2.18. The van der Waals surface area contributed by atoms with Crippen LogP contribution in [-0.2, 0) is 20.7 Å². The number of aromatic amines is 1. The number of esters is 1. The van der Waals surface area contributed by atoms with Crippen LogP contribution in [0.3, 0.4) is 0 Å². The molecule has 0 unspecified atom stereocenters. The first-order valence-corrected chi connectivity index (χ1v) is 3.85. The second-order valence-corrected chi connectivity index (χ2v) is 2.53. The Morgan fingerprint density at radius 1 is 1.69 bits per heavy atom. The van der Waals surface area contributed by atoms with Crippen LogP contribution in [0.5, 0.6) is 0 Å². The molecule has 0 radical (unpaired) electrons. The summed E-state index contributed by atoms with van der Waals surface area (Å²) in [6.45, 7) is 0. The van der Waals surface area contributed by atoms with Crippen molar-refractivity contribution in [1.29, 1.82) is 0 Å². The third-order valence-corrected chi connectivity index (χ3v) is 1.71. The third kappa shape index (κ3) is 2.55. The van der Waals surface area contributed by atoms with Gasteiger partial charge in [-0.05, 0) is 0 Å². The maximum Gasteiger partial charge on any atom is 0.335 e. The standard InChI is InChI=1S/C8H12N2O3/c1-12-7(8(11)13-2)3-6-4-9-5-10-6/h4-5,7H,3H2,1-2H3,(H,9,10)/t7-/m0/s1. The van der Waals surface area contributed by atoms with Crippen molar-refractivity contribution in [1.82, 2.24) is 9.97 Å². The van der Waals surface area contributed by atoms with Crippen molar-refractivity contribution in [3.63, 3.8) is 0 Å². The predicted octanol–water partition coefficient (Wildman–Crippen LogP) is 0.140. The monoisotopic (exact) mass is 184 g/mol. The Hall–Kier alpha value is -1.36. The molecule has 1 aromatic rings. The van der Waals surface area contributed by atoms with Gasteiger partial charge >= 0.3 is 5.97 Å². The molecule has 0 aliphatic heterocycles. The fraction of sp³-hybridized carbons (Fsp3) is 0.500. The Morgan fingerprint density at radius 2 is 2.46 bits per heavy atom. The molecular weight excluding hydrogens is 172 g/mol. The van der Waals surface area contributed by atoms with Crippen molar-refractivity contribution in [3.8, 4) is 0 Å². The number of nitrogens with one attached hydrogen (secondary N) is 1. The zero-order valence-corrected chi connectivity index (χ0v) is 7.61. The fourth-order valence-corrected chi connectivity index (χ4v) is 0.990. The lowest BCUT2D eigenvalue weighted by Gasteiger charge is -2.10. The van der Waals surface area contributed by atoms with E-state index in [4.69, 9.17) is 4.74 Å². The van der Waals surface area contributed by atoms with E-state index in [2.05, 4.69) is 14.7 Å². The van der Waals surface area contributed by atoms with Gasteiger partial charge in [0.1, 0.15) is 0 Å². The van der Waals surface area contributed by atoms with Crippen molar-refractivity contribution in [3.05, 3.63) is 18.2 Å². The lowest BCUT2D eigenvalue weighted by atomic mass is 10.2. The SMILES string of the molecule is COC(=O)[C@H](Cc1cnc[nH]1)OC. The summed E-state index contributed by atoms with van der Waals surface area (Å²) >= 11 is 0. The van der Waals surface area contributed by atoms with Gasteiger partial charge in [-0.15, -0.1) is 0 Å². The molecular formula is C8H12N2O3. The maximum atomic E-state index is 11.1.